The van der Waals surface area contributed by atoms with E-state index < -0.39 is 17.3 Å². The van der Waals surface area contributed by atoms with E-state index in [1.807, 2.05) is 108 Å². The summed E-state index contributed by atoms with van der Waals surface area (Å²) in [6.45, 7) is 17.5. The SMILES string of the molecule is CC(C)(C)OC(=O)N1CCC[C@@H](c2ccc(-c3c4c5c(cccc5n3C(=O)OC(C)(C)C)C(=O)NOC4)cc2)C1.O=C1NOCc2c(-c3ccc([C@@H]4CCCNC4)cc3)[nH]c3cccc1c23.O=C1NOCc2c(-c3ccc([C@H]4CCCNC4)cc3)[nH]c3cccc1c23. The van der Waals surface area contributed by atoms with Crippen LogP contribution in [0.3, 0.4) is 0 Å². The molecule has 9 aromatic rings. The molecule has 0 unspecified atom stereocenters. The minimum atomic E-state index is -0.710. The van der Waals surface area contributed by atoms with Crippen LogP contribution in [0.1, 0.15) is 162 Å². The van der Waals surface area contributed by atoms with Crippen molar-refractivity contribution in [2.45, 2.75) is 129 Å². The molecule has 476 valence electrons. The molecular formula is C73H79N9O10. The van der Waals surface area contributed by atoms with E-state index in [1.165, 1.54) is 36.8 Å². The largest absolute Gasteiger partial charge is 0.444 e. The summed E-state index contributed by atoms with van der Waals surface area (Å²) in [5, 5.41) is 9.54. The van der Waals surface area contributed by atoms with E-state index in [0.29, 0.717) is 71.4 Å². The number of likely N-dealkylation sites (tertiary alicyclic amines) is 1. The molecule has 3 aromatic heterocycles. The molecular weight excluding hydrogens is 1160 g/mol. The number of benzene rings is 6. The van der Waals surface area contributed by atoms with Crippen molar-refractivity contribution in [2.75, 3.05) is 39.3 Å². The Morgan fingerprint density at radius 2 is 0.902 bits per heavy atom. The van der Waals surface area contributed by atoms with Crippen molar-refractivity contribution in [3.05, 3.63) is 177 Å². The highest BCUT2D eigenvalue weighted by atomic mass is 16.7. The smallest absolute Gasteiger partial charge is 0.419 e. The third kappa shape index (κ3) is 12.8. The first-order chi connectivity index (χ1) is 44.4. The zero-order valence-electron chi connectivity index (χ0n) is 52.9. The van der Waals surface area contributed by atoms with Gasteiger partial charge in [0.1, 0.15) is 31.0 Å². The minimum Gasteiger partial charge on any atom is -0.444 e. The van der Waals surface area contributed by atoms with Crippen LogP contribution in [0.4, 0.5) is 9.59 Å². The molecule has 6 aromatic carbocycles. The first kappa shape index (κ1) is 61.7. The number of nitrogens with zero attached hydrogens (tertiary/aromatic N) is 2. The van der Waals surface area contributed by atoms with Crippen molar-refractivity contribution in [3.8, 4) is 33.8 Å². The third-order valence-corrected chi connectivity index (χ3v) is 18.1. The fourth-order valence-electron chi connectivity index (χ4n) is 13.8. The van der Waals surface area contributed by atoms with Gasteiger partial charge in [0.05, 0.1) is 39.3 Å². The van der Waals surface area contributed by atoms with Crippen LogP contribution in [0.25, 0.3) is 66.5 Å². The number of aromatic nitrogens is 3. The van der Waals surface area contributed by atoms with Crippen LogP contribution in [0.5, 0.6) is 0 Å². The van der Waals surface area contributed by atoms with Gasteiger partial charge in [-0.3, -0.25) is 28.9 Å². The summed E-state index contributed by atoms with van der Waals surface area (Å²) in [6.07, 6.45) is 6.01. The molecule has 3 atom stereocenters. The van der Waals surface area contributed by atoms with E-state index in [2.05, 4.69) is 85.6 Å². The van der Waals surface area contributed by atoms with Gasteiger partial charge in [0.2, 0.25) is 0 Å². The fraction of sp³-hybridized carbons (Fsp3) is 0.356. The lowest BCUT2D eigenvalue weighted by molar-refractivity contribution is 0.0197. The Morgan fingerprint density at radius 1 is 0.478 bits per heavy atom. The molecule has 0 bridgehead atoms. The molecule has 0 aliphatic carbocycles. The molecule has 3 fully saturated rings. The van der Waals surface area contributed by atoms with E-state index in [9.17, 15) is 24.0 Å². The van der Waals surface area contributed by atoms with Gasteiger partial charge in [-0.05, 0) is 175 Å². The maximum Gasteiger partial charge on any atom is 0.419 e. The molecule has 6 aliphatic heterocycles. The second-order valence-electron chi connectivity index (χ2n) is 26.6. The molecule has 4 amide bonds. The number of nitrogens with one attached hydrogen (secondary N) is 7. The number of H-pyrrole nitrogens is 2. The lowest BCUT2D eigenvalue weighted by atomic mass is 9.90. The summed E-state index contributed by atoms with van der Waals surface area (Å²) in [4.78, 5) is 88.4. The fourth-order valence-corrected chi connectivity index (χ4v) is 13.8. The van der Waals surface area contributed by atoms with Gasteiger partial charge in [-0.2, -0.15) is 0 Å². The Labute approximate surface area is 534 Å². The molecule has 15 rings (SSSR count). The highest BCUT2D eigenvalue weighted by Gasteiger charge is 2.33. The lowest BCUT2D eigenvalue weighted by Gasteiger charge is -2.34. The maximum absolute atomic E-state index is 13.6. The second kappa shape index (κ2) is 25.9. The van der Waals surface area contributed by atoms with Crippen LogP contribution in [0.15, 0.2) is 127 Å². The number of ether oxygens (including phenoxy) is 2. The average Bonchev–Trinajstić information content (AvgIpc) is 1.61. The second-order valence-corrected chi connectivity index (χ2v) is 26.6. The van der Waals surface area contributed by atoms with Gasteiger partial charge in [-0.15, -0.1) is 0 Å². The highest BCUT2D eigenvalue weighted by Crippen LogP contribution is 2.41. The Morgan fingerprint density at radius 3 is 1.37 bits per heavy atom. The molecule has 19 heteroatoms. The average molecular weight is 1240 g/mol. The van der Waals surface area contributed by atoms with E-state index in [-0.39, 0.29) is 36.3 Å². The minimum absolute atomic E-state index is 0.0968. The van der Waals surface area contributed by atoms with Gasteiger partial charge in [0, 0.05) is 76.0 Å². The van der Waals surface area contributed by atoms with Gasteiger partial charge >= 0.3 is 12.2 Å². The normalized spacial score (nSPS) is 19.0. The Bertz CT molecular complexity index is 4090. The van der Waals surface area contributed by atoms with Crippen molar-refractivity contribution in [1.82, 2.24) is 46.5 Å². The maximum atomic E-state index is 13.6. The number of carbonyl (C=O) groups excluding carboxylic acids is 5. The number of rotatable bonds is 6. The van der Waals surface area contributed by atoms with Gasteiger partial charge in [0.15, 0.2) is 0 Å². The summed E-state index contributed by atoms with van der Waals surface area (Å²) in [7, 11) is 0. The Balaban J connectivity index is 0.000000130. The van der Waals surface area contributed by atoms with Crippen molar-refractivity contribution in [3.63, 3.8) is 0 Å². The van der Waals surface area contributed by atoms with E-state index in [0.717, 1.165) is 111 Å². The number of amides is 4. The monoisotopic (exact) mass is 1240 g/mol. The van der Waals surface area contributed by atoms with Crippen molar-refractivity contribution >= 4 is 62.6 Å². The zero-order chi connectivity index (χ0) is 63.8. The van der Waals surface area contributed by atoms with Crippen LogP contribution in [0.2, 0.25) is 0 Å². The first-order valence-corrected chi connectivity index (χ1v) is 32.1. The van der Waals surface area contributed by atoms with Crippen LogP contribution >= 0.6 is 0 Å². The summed E-state index contributed by atoms with van der Waals surface area (Å²) >= 11 is 0. The van der Waals surface area contributed by atoms with E-state index >= 15 is 0 Å². The van der Waals surface area contributed by atoms with Crippen molar-refractivity contribution < 1.29 is 48.0 Å². The number of aromatic amines is 2. The van der Waals surface area contributed by atoms with Crippen LogP contribution in [0, 0.1) is 0 Å². The topological polar surface area (TPSA) is 231 Å². The molecule has 9 heterocycles. The van der Waals surface area contributed by atoms with Crippen LogP contribution < -0.4 is 27.1 Å². The van der Waals surface area contributed by atoms with Gasteiger partial charge < -0.3 is 35.0 Å². The molecule has 19 nitrogen and oxygen atoms in total. The molecule has 92 heavy (non-hydrogen) atoms. The van der Waals surface area contributed by atoms with Gasteiger partial charge in [-0.1, -0.05) is 91.0 Å². The van der Waals surface area contributed by atoms with Crippen LogP contribution in [-0.4, -0.2) is 99.8 Å². The van der Waals surface area contributed by atoms with Crippen molar-refractivity contribution in [2.24, 2.45) is 0 Å². The standard InChI is InChI=1S/C31H37N3O6.2C21H21N3O2/c1-30(2,3)39-28(36)33-16-8-9-21(17-33)19-12-14-20(15-13-19)26-23-18-38-32-27(35)22-10-7-11-24(25(22)23)34(26)29(37)40-31(4,5)6;2*25-21-16-4-1-5-18-19(16)17(12-26-24-21)20(23-18)14-8-6-13(7-9-14)15-3-2-10-22-11-15/h7,10-15,21H,8-9,16-18H2,1-6H3,(H,32,35);2*1,4-9,15,22-23H,2-3,10-12H2,(H,24,25)/t21-;2*15-/m110/s1. The lowest BCUT2D eigenvalue weighted by Crippen LogP contribution is -2.42. The molecule has 7 N–H and O–H groups in total. The number of hydrogen-bond donors (Lipinski definition) is 7. The van der Waals surface area contributed by atoms with E-state index in [1.54, 1.807) is 21.6 Å². The third-order valence-electron chi connectivity index (χ3n) is 18.1. The summed E-state index contributed by atoms with van der Waals surface area (Å²) in [5.74, 6) is 0.613. The summed E-state index contributed by atoms with van der Waals surface area (Å²) < 4.78 is 12.9. The molecule has 3 saturated heterocycles. The number of hydrogen-bond acceptors (Lipinski definition) is 12. The Hall–Kier alpha value is -9.11. The first-order valence-electron chi connectivity index (χ1n) is 32.1. The zero-order valence-corrected chi connectivity index (χ0v) is 52.9. The molecule has 0 spiro atoms. The molecule has 0 saturated carbocycles. The van der Waals surface area contributed by atoms with Gasteiger partial charge in [0.25, 0.3) is 17.7 Å². The van der Waals surface area contributed by atoms with Crippen molar-refractivity contribution in [1.29, 1.82) is 0 Å². The van der Waals surface area contributed by atoms with Crippen LogP contribution in [-0.2, 0) is 43.8 Å². The Kier molecular flexibility index (Phi) is 17.4. The predicted molar refractivity (Wildman–Crippen MR) is 353 cm³/mol. The number of carbonyl (C=O) groups is 5. The summed E-state index contributed by atoms with van der Waals surface area (Å²) in [6, 6.07) is 42.4. The van der Waals surface area contributed by atoms with Gasteiger partial charge in [-0.25, -0.2) is 30.6 Å². The highest BCUT2D eigenvalue weighted by molar-refractivity contribution is 6.13. The molecule has 6 aliphatic rings. The van der Waals surface area contributed by atoms with E-state index in [4.69, 9.17) is 24.0 Å². The number of piperidine rings is 3. The summed E-state index contributed by atoms with van der Waals surface area (Å²) in [5.41, 5.74) is 22.9. The predicted octanol–water partition coefficient (Wildman–Crippen LogP) is 13.3. The molecule has 0 radical (unpaired) electrons. The quantitative estimate of drug-likeness (QED) is 0.0824. The number of hydroxylamine groups is 3.